The van der Waals surface area contributed by atoms with E-state index in [9.17, 15) is 4.79 Å². The van der Waals surface area contributed by atoms with Crippen LogP contribution in [0.2, 0.25) is 0 Å². The molecule has 0 atom stereocenters. The lowest BCUT2D eigenvalue weighted by Crippen LogP contribution is -2.47. The molecule has 178 valence electrons. The highest BCUT2D eigenvalue weighted by molar-refractivity contribution is 5.74. The van der Waals surface area contributed by atoms with Crippen LogP contribution in [-0.4, -0.2) is 79.7 Å². The van der Waals surface area contributed by atoms with Gasteiger partial charge in [0.05, 0.1) is 7.11 Å². The second-order valence-electron chi connectivity index (χ2n) is 9.20. The fourth-order valence-electron chi connectivity index (χ4n) is 5.01. The lowest BCUT2D eigenvalue weighted by atomic mass is 10.0. The first-order valence-electron chi connectivity index (χ1n) is 12.4. The summed E-state index contributed by atoms with van der Waals surface area (Å²) in [5.41, 5.74) is 2.61. The highest BCUT2D eigenvalue weighted by Gasteiger charge is 2.27. The van der Waals surface area contributed by atoms with Gasteiger partial charge in [-0.1, -0.05) is 42.5 Å². The van der Waals surface area contributed by atoms with Crippen LogP contribution in [0.1, 0.15) is 30.4 Å². The summed E-state index contributed by atoms with van der Waals surface area (Å²) in [4.78, 5) is 19.9. The Morgan fingerprint density at radius 3 is 2.39 bits per heavy atom. The summed E-state index contributed by atoms with van der Waals surface area (Å²) in [6.45, 7) is 7.72. The second kappa shape index (κ2) is 12.1. The summed E-state index contributed by atoms with van der Waals surface area (Å²) in [5, 5.41) is 3.11. The molecule has 4 rings (SSSR count). The van der Waals surface area contributed by atoms with E-state index >= 15 is 0 Å². The van der Waals surface area contributed by atoms with Gasteiger partial charge < -0.3 is 15.0 Å². The van der Waals surface area contributed by atoms with Crippen molar-refractivity contribution in [2.24, 2.45) is 0 Å². The largest absolute Gasteiger partial charge is 0.497 e. The zero-order chi connectivity index (χ0) is 22.9. The number of rotatable bonds is 7. The number of nitrogens with zero attached hydrogens (tertiary/aromatic N) is 3. The molecule has 33 heavy (non-hydrogen) atoms. The number of ether oxygens (including phenoxy) is 1. The topological polar surface area (TPSA) is 48.1 Å². The number of likely N-dealkylation sites (tertiary alicyclic amines) is 1. The molecule has 2 aliphatic heterocycles. The Hall–Kier alpha value is -2.57. The number of carbonyl (C=O) groups excluding carboxylic acids is 1. The van der Waals surface area contributed by atoms with E-state index in [0.29, 0.717) is 12.6 Å². The molecule has 0 aromatic heterocycles. The highest BCUT2D eigenvalue weighted by atomic mass is 16.5. The first kappa shape index (κ1) is 23.6. The van der Waals surface area contributed by atoms with Crippen molar-refractivity contribution in [3.05, 3.63) is 65.7 Å². The van der Waals surface area contributed by atoms with E-state index in [4.69, 9.17) is 4.74 Å². The molecule has 6 nitrogen and oxygen atoms in total. The van der Waals surface area contributed by atoms with Crippen LogP contribution >= 0.6 is 0 Å². The number of carbonyl (C=O) groups is 1. The SMILES string of the molecule is COc1ccc(CN2CCC(N3CCCN(C(=O)NCCc4ccccc4)CC3)CC2)cc1. The van der Waals surface area contributed by atoms with Crippen molar-refractivity contribution in [1.82, 2.24) is 20.0 Å². The Bertz CT molecular complexity index is 850. The molecule has 6 heteroatoms. The highest BCUT2D eigenvalue weighted by Crippen LogP contribution is 2.21. The zero-order valence-electron chi connectivity index (χ0n) is 19.9. The van der Waals surface area contributed by atoms with Crippen molar-refractivity contribution in [3.8, 4) is 5.75 Å². The fourth-order valence-corrected chi connectivity index (χ4v) is 5.01. The normalized spacial score (nSPS) is 18.6. The van der Waals surface area contributed by atoms with Crippen molar-refractivity contribution in [3.63, 3.8) is 0 Å². The van der Waals surface area contributed by atoms with E-state index < -0.39 is 0 Å². The first-order valence-corrected chi connectivity index (χ1v) is 12.4. The van der Waals surface area contributed by atoms with Crippen molar-refractivity contribution >= 4 is 6.03 Å². The molecule has 0 bridgehead atoms. The number of urea groups is 1. The molecule has 0 saturated carbocycles. The van der Waals surface area contributed by atoms with Gasteiger partial charge in [0, 0.05) is 45.3 Å². The average Bonchev–Trinajstić information content (AvgIpc) is 3.12. The molecule has 2 fully saturated rings. The number of hydrogen-bond acceptors (Lipinski definition) is 4. The van der Waals surface area contributed by atoms with Gasteiger partial charge in [-0.3, -0.25) is 9.80 Å². The number of piperidine rings is 1. The van der Waals surface area contributed by atoms with Crippen LogP contribution in [0.4, 0.5) is 4.79 Å². The first-order chi connectivity index (χ1) is 16.2. The van der Waals surface area contributed by atoms with Crippen LogP contribution in [0.15, 0.2) is 54.6 Å². The maximum absolute atomic E-state index is 12.7. The van der Waals surface area contributed by atoms with Gasteiger partial charge in [-0.15, -0.1) is 0 Å². The van der Waals surface area contributed by atoms with Crippen LogP contribution in [-0.2, 0) is 13.0 Å². The molecule has 2 aromatic carbocycles. The standard InChI is InChI=1S/C27H38N4O2/c1-33-26-10-8-24(9-11-26)22-29-18-13-25(14-19-29)30-16-5-17-31(21-20-30)27(32)28-15-12-23-6-3-2-4-7-23/h2-4,6-11,25H,5,12-22H2,1H3,(H,28,32). The summed E-state index contributed by atoms with van der Waals surface area (Å²) in [6, 6.07) is 19.5. The van der Waals surface area contributed by atoms with E-state index in [1.165, 1.54) is 24.0 Å². The third-order valence-corrected chi connectivity index (χ3v) is 6.99. The number of amides is 2. The minimum absolute atomic E-state index is 0.0853. The molecule has 0 radical (unpaired) electrons. The number of nitrogens with one attached hydrogen (secondary N) is 1. The second-order valence-corrected chi connectivity index (χ2v) is 9.20. The quantitative estimate of drug-likeness (QED) is 0.700. The van der Waals surface area contributed by atoms with Gasteiger partial charge in [-0.2, -0.15) is 0 Å². The summed E-state index contributed by atoms with van der Waals surface area (Å²) in [7, 11) is 1.71. The Morgan fingerprint density at radius 2 is 1.67 bits per heavy atom. The smallest absolute Gasteiger partial charge is 0.317 e. The molecule has 0 spiro atoms. The minimum atomic E-state index is 0.0853. The lowest BCUT2D eigenvalue weighted by molar-refractivity contribution is 0.107. The van der Waals surface area contributed by atoms with Crippen LogP contribution in [0.5, 0.6) is 5.75 Å². The number of hydrogen-bond donors (Lipinski definition) is 1. The Kier molecular flexibility index (Phi) is 8.61. The maximum Gasteiger partial charge on any atom is 0.317 e. The molecule has 1 N–H and O–H groups in total. The van der Waals surface area contributed by atoms with E-state index in [0.717, 1.165) is 64.4 Å². The summed E-state index contributed by atoms with van der Waals surface area (Å²) < 4.78 is 5.26. The van der Waals surface area contributed by atoms with Crippen molar-refractivity contribution < 1.29 is 9.53 Å². The zero-order valence-corrected chi connectivity index (χ0v) is 19.9. The van der Waals surface area contributed by atoms with Gasteiger partial charge in [0.25, 0.3) is 0 Å². The van der Waals surface area contributed by atoms with Gasteiger partial charge in [-0.05, 0) is 62.0 Å². The summed E-state index contributed by atoms with van der Waals surface area (Å²) >= 11 is 0. The minimum Gasteiger partial charge on any atom is -0.497 e. The van der Waals surface area contributed by atoms with Crippen LogP contribution in [0.25, 0.3) is 0 Å². The van der Waals surface area contributed by atoms with Crippen LogP contribution in [0.3, 0.4) is 0 Å². The molecule has 0 unspecified atom stereocenters. The molecule has 2 aliphatic rings. The van der Waals surface area contributed by atoms with Crippen LogP contribution < -0.4 is 10.1 Å². The molecular weight excluding hydrogens is 412 g/mol. The number of benzene rings is 2. The predicted molar refractivity (Wildman–Crippen MR) is 133 cm³/mol. The van der Waals surface area contributed by atoms with Gasteiger partial charge in [0.1, 0.15) is 5.75 Å². The fraction of sp³-hybridized carbons (Fsp3) is 0.519. The van der Waals surface area contributed by atoms with E-state index in [2.05, 4.69) is 39.4 Å². The third-order valence-electron chi connectivity index (χ3n) is 6.99. The van der Waals surface area contributed by atoms with Crippen LogP contribution in [0, 0.1) is 0 Å². The van der Waals surface area contributed by atoms with Crippen molar-refractivity contribution in [1.29, 1.82) is 0 Å². The van der Waals surface area contributed by atoms with E-state index in [1.807, 2.05) is 35.2 Å². The maximum atomic E-state index is 12.7. The van der Waals surface area contributed by atoms with E-state index in [1.54, 1.807) is 7.11 Å². The average molecular weight is 451 g/mol. The summed E-state index contributed by atoms with van der Waals surface area (Å²) in [5.74, 6) is 0.914. The molecule has 2 amide bonds. The van der Waals surface area contributed by atoms with E-state index in [-0.39, 0.29) is 6.03 Å². The van der Waals surface area contributed by atoms with Crippen molar-refractivity contribution in [2.45, 2.75) is 38.3 Å². The summed E-state index contributed by atoms with van der Waals surface area (Å²) in [6.07, 6.45) is 4.35. The van der Waals surface area contributed by atoms with Gasteiger partial charge in [0.15, 0.2) is 0 Å². The molecule has 0 aliphatic carbocycles. The van der Waals surface area contributed by atoms with Gasteiger partial charge in [-0.25, -0.2) is 4.79 Å². The Labute approximate surface area is 198 Å². The Morgan fingerprint density at radius 1 is 0.909 bits per heavy atom. The molecular formula is C27H38N4O2. The monoisotopic (exact) mass is 450 g/mol. The van der Waals surface area contributed by atoms with Crippen molar-refractivity contribution in [2.75, 3.05) is 52.9 Å². The number of methoxy groups -OCH3 is 1. The molecule has 2 saturated heterocycles. The molecule has 2 aromatic rings. The van der Waals surface area contributed by atoms with Gasteiger partial charge >= 0.3 is 6.03 Å². The lowest BCUT2D eigenvalue weighted by Gasteiger charge is -2.38. The third kappa shape index (κ3) is 6.95. The predicted octanol–water partition coefficient (Wildman–Crippen LogP) is 3.62. The Balaban J connectivity index is 1.17. The van der Waals surface area contributed by atoms with Gasteiger partial charge in [0.2, 0.25) is 0 Å². The molecule has 2 heterocycles.